The zero-order valence-electron chi connectivity index (χ0n) is 27.6. The number of nitrogens with zero attached hydrogens (tertiary/aromatic N) is 1. The normalized spacial score (nSPS) is 11.0. The Morgan fingerprint density at radius 1 is 0.708 bits per heavy atom. The van der Waals surface area contributed by atoms with E-state index in [1.54, 1.807) is 21.3 Å². The predicted octanol–water partition coefficient (Wildman–Crippen LogP) is 4.70. The molecule has 0 aliphatic heterocycles. The average molecular weight is 678 g/mol. The van der Waals surface area contributed by atoms with Gasteiger partial charge in [0.15, 0.2) is 11.5 Å². The Morgan fingerprint density at radius 2 is 1.27 bits per heavy atom. The highest BCUT2D eigenvalue weighted by Gasteiger charge is 2.43. The summed E-state index contributed by atoms with van der Waals surface area (Å²) in [6, 6.07) is 40.9. The first-order valence-electron chi connectivity index (χ1n) is 15.4. The molecule has 48 heavy (non-hydrogen) atoms. The summed E-state index contributed by atoms with van der Waals surface area (Å²) in [4.78, 5) is 19.5. The lowest BCUT2D eigenvalue weighted by Gasteiger charge is -2.26. The maximum absolute atomic E-state index is 14.2. The fourth-order valence-electron chi connectivity index (χ4n) is 6.19. The van der Waals surface area contributed by atoms with E-state index in [1.807, 2.05) is 61.5 Å². The number of methoxy groups -OCH3 is 3. The van der Waals surface area contributed by atoms with Crippen molar-refractivity contribution in [2.75, 3.05) is 34.6 Å². The van der Waals surface area contributed by atoms with E-state index in [-0.39, 0.29) is 19.0 Å². The van der Waals surface area contributed by atoms with Crippen molar-refractivity contribution in [3.05, 3.63) is 127 Å². The lowest BCUT2D eigenvalue weighted by molar-refractivity contribution is -0.0000281. The Bertz CT molecular complexity index is 2000. The van der Waals surface area contributed by atoms with Gasteiger partial charge in [-0.1, -0.05) is 60.7 Å². The minimum Gasteiger partial charge on any atom is -1.00 e. The van der Waals surface area contributed by atoms with Gasteiger partial charge in [0.05, 0.1) is 51.4 Å². The molecule has 6 aromatic rings. The van der Waals surface area contributed by atoms with Gasteiger partial charge in [-0.2, -0.15) is 0 Å². The number of hydrogen-bond acceptors (Lipinski definition) is 6. The predicted molar refractivity (Wildman–Crippen MR) is 193 cm³/mol. The van der Waals surface area contributed by atoms with Gasteiger partial charge in [-0.25, -0.2) is 9.78 Å². The van der Waals surface area contributed by atoms with Gasteiger partial charge >= 0.3 is 5.97 Å². The number of fused-ring (bicyclic) bond motifs is 1. The number of hydrogen-bond donors (Lipinski definition) is 0. The Morgan fingerprint density at radius 3 is 1.83 bits per heavy atom. The summed E-state index contributed by atoms with van der Waals surface area (Å²) in [7, 11) is 2.60. The highest BCUT2D eigenvalue weighted by molar-refractivity contribution is 7.95. The van der Waals surface area contributed by atoms with Crippen molar-refractivity contribution in [1.82, 2.24) is 4.98 Å². The maximum atomic E-state index is 14.2. The molecule has 0 spiro atoms. The molecule has 6 nitrogen and oxygen atoms in total. The van der Waals surface area contributed by atoms with Gasteiger partial charge in [-0.3, -0.25) is 0 Å². The van der Waals surface area contributed by atoms with Gasteiger partial charge in [0.2, 0.25) is 0 Å². The molecule has 1 heterocycles. The Hall–Kier alpha value is -4.90. The third-order valence-corrected chi connectivity index (χ3v) is 12.6. The molecule has 244 valence electrons. The van der Waals surface area contributed by atoms with Crippen molar-refractivity contribution in [3.8, 4) is 39.6 Å². The molecule has 0 atom stereocenters. The van der Waals surface area contributed by atoms with Crippen LogP contribution in [-0.4, -0.2) is 45.6 Å². The minimum absolute atomic E-state index is 0. The molecule has 0 aliphatic carbocycles. The van der Waals surface area contributed by atoms with Crippen LogP contribution in [0.3, 0.4) is 0 Å². The molecule has 0 bridgehead atoms. The van der Waals surface area contributed by atoms with Gasteiger partial charge < -0.3 is 31.4 Å². The summed E-state index contributed by atoms with van der Waals surface area (Å²) in [5.74, 6) is 1.33. The standard InChI is InChI=1S/C40H37NO5P.ClH/c1-6-46-40(42)38-37(27-21-23-28(43-2)24-22-27)32-25-34(44-3)35(45-4)26-33(32)41-39(38)31-19-13-14-20-36(31)47(5,29-15-9-7-10-16-29)30-17-11-8-12-18-30;/h7-26H,6H2,1-5H3;1H/q+1;/p-1. The maximum Gasteiger partial charge on any atom is 0.341 e. The van der Waals surface area contributed by atoms with Crippen molar-refractivity contribution in [2.45, 2.75) is 6.92 Å². The van der Waals surface area contributed by atoms with Crippen molar-refractivity contribution in [1.29, 1.82) is 0 Å². The van der Waals surface area contributed by atoms with E-state index in [9.17, 15) is 4.79 Å². The van der Waals surface area contributed by atoms with Crippen molar-refractivity contribution >= 4 is 40.0 Å². The number of esters is 1. The van der Waals surface area contributed by atoms with Gasteiger partial charge in [0.25, 0.3) is 0 Å². The van der Waals surface area contributed by atoms with Crippen LogP contribution >= 0.6 is 7.26 Å². The first-order valence-corrected chi connectivity index (χ1v) is 17.7. The van der Waals surface area contributed by atoms with Crippen LogP contribution in [-0.2, 0) is 4.74 Å². The molecule has 0 fully saturated rings. The molecular formula is C40H37ClNO5P. The lowest BCUT2D eigenvalue weighted by atomic mass is 9.91. The summed E-state index contributed by atoms with van der Waals surface area (Å²) in [6.45, 7) is 4.36. The topological polar surface area (TPSA) is 66.9 Å². The minimum atomic E-state index is -2.23. The third-order valence-electron chi connectivity index (χ3n) is 8.53. The van der Waals surface area contributed by atoms with E-state index in [2.05, 4.69) is 73.4 Å². The van der Waals surface area contributed by atoms with Crippen LogP contribution in [0.4, 0.5) is 0 Å². The molecule has 0 saturated carbocycles. The Balaban J connectivity index is 0.00000451. The number of benzene rings is 5. The summed E-state index contributed by atoms with van der Waals surface area (Å²) in [5.41, 5.74) is 3.97. The van der Waals surface area contributed by atoms with Crippen molar-refractivity contribution < 1.29 is 36.1 Å². The fourth-order valence-corrected chi connectivity index (χ4v) is 9.63. The summed E-state index contributed by atoms with van der Waals surface area (Å²) in [5, 5.41) is 4.29. The molecule has 0 unspecified atom stereocenters. The summed E-state index contributed by atoms with van der Waals surface area (Å²) < 4.78 is 22.7. The molecule has 8 heteroatoms. The van der Waals surface area contributed by atoms with E-state index in [1.165, 1.54) is 10.6 Å². The van der Waals surface area contributed by atoms with Gasteiger partial charge in [-0.05, 0) is 67.1 Å². The number of rotatable bonds is 10. The number of aromatic nitrogens is 1. The molecule has 0 amide bonds. The van der Waals surface area contributed by atoms with E-state index in [0.29, 0.717) is 39.6 Å². The monoisotopic (exact) mass is 677 g/mol. The van der Waals surface area contributed by atoms with Gasteiger partial charge in [0.1, 0.15) is 28.9 Å². The van der Waals surface area contributed by atoms with Gasteiger partial charge in [-0.15, -0.1) is 0 Å². The molecule has 1 aromatic heterocycles. The van der Waals surface area contributed by atoms with Crippen LogP contribution in [0.25, 0.3) is 33.3 Å². The SMILES string of the molecule is CCOC(=O)c1c(-c2ccccc2[P+](C)(c2ccccc2)c2ccccc2)nc2cc(OC)c(OC)cc2c1-c1ccc(OC)cc1.[Cl-]. The Kier molecular flexibility index (Phi) is 10.7. The second kappa shape index (κ2) is 14.9. The highest BCUT2D eigenvalue weighted by Crippen LogP contribution is 2.54. The van der Waals surface area contributed by atoms with Crippen molar-refractivity contribution in [3.63, 3.8) is 0 Å². The largest absolute Gasteiger partial charge is 1.00 e. The summed E-state index contributed by atoms with van der Waals surface area (Å²) in [6.07, 6.45) is 0. The number of pyridine rings is 1. The molecule has 0 aliphatic rings. The van der Waals surface area contributed by atoms with Crippen LogP contribution in [0.5, 0.6) is 17.2 Å². The van der Waals surface area contributed by atoms with Crippen LogP contribution < -0.4 is 42.5 Å². The highest BCUT2D eigenvalue weighted by atomic mass is 35.5. The van der Waals surface area contributed by atoms with E-state index in [4.69, 9.17) is 23.9 Å². The third kappa shape index (κ3) is 6.22. The second-order valence-corrected chi connectivity index (χ2v) is 14.6. The zero-order chi connectivity index (χ0) is 33.0. The smallest absolute Gasteiger partial charge is 0.341 e. The fraction of sp³-hybridized carbons (Fsp3) is 0.150. The zero-order valence-corrected chi connectivity index (χ0v) is 29.2. The van der Waals surface area contributed by atoms with E-state index in [0.717, 1.165) is 21.8 Å². The van der Waals surface area contributed by atoms with Crippen LogP contribution in [0.15, 0.2) is 121 Å². The molecule has 0 N–H and O–H groups in total. The summed E-state index contributed by atoms with van der Waals surface area (Å²) >= 11 is 0. The number of halogens is 1. The van der Waals surface area contributed by atoms with Gasteiger partial charge in [0, 0.05) is 22.6 Å². The first-order chi connectivity index (χ1) is 22.9. The van der Waals surface area contributed by atoms with Crippen molar-refractivity contribution in [2.24, 2.45) is 0 Å². The molecule has 5 aromatic carbocycles. The lowest BCUT2D eigenvalue weighted by Crippen LogP contribution is -3.00. The van der Waals surface area contributed by atoms with Crippen LogP contribution in [0.2, 0.25) is 0 Å². The molecule has 0 saturated heterocycles. The van der Waals surface area contributed by atoms with E-state index < -0.39 is 13.2 Å². The molecular weight excluding hydrogens is 641 g/mol. The molecule has 0 radical (unpaired) electrons. The number of ether oxygens (including phenoxy) is 4. The van der Waals surface area contributed by atoms with Crippen LogP contribution in [0, 0.1) is 0 Å². The molecule has 6 rings (SSSR count). The second-order valence-electron chi connectivity index (χ2n) is 11.1. The first kappa shape index (κ1) is 34.4. The average Bonchev–Trinajstić information content (AvgIpc) is 3.14. The number of carbonyl (C=O) groups is 1. The number of carbonyl (C=O) groups excluding carboxylic acids is 1. The van der Waals surface area contributed by atoms with E-state index >= 15 is 0 Å². The van der Waals surface area contributed by atoms with Crippen LogP contribution in [0.1, 0.15) is 17.3 Å². The Labute approximate surface area is 288 Å². The quantitative estimate of drug-likeness (QED) is 0.155.